The fourth-order valence-corrected chi connectivity index (χ4v) is 2.21. The molecule has 1 heterocycles. The van der Waals surface area contributed by atoms with Crippen LogP contribution in [0.5, 0.6) is 0 Å². The van der Waals surface area contributed by atoms with Gasteiger partial charge in [0.05, 0.1) is 10.1 Å². The Morgan fingerprint density at radius 3 is 2.45 bits per heavy atom. The first kappa shape index (κ1) is 29.5. The molecule has 0 saturated heterocycles. The highest BCUT2D eigenvalue weighted by atomic mass is 127. The predicted octanol–water partition coefficient (Wildman–Crippen LogP) is 4.64. The smallest absolute Gasteiger partial charge is 0.219 e. The summed E-state index contributed by atoms with van der Waals surface area (Å²) in [6.07, 6.45) is 8.16. The molecule has 0 bridgehead atoms. The third-order valence-corrected chi connectivity index (χ3v) is 4.26. The van der Waals surface area contributed by atoms with Crippen LogP contribution >= 0.6 is 22.6 Å². The number of aryl methyl sites for hydroxylation is 1. The van der Waals surface area contributed by atoms with E-state index in [0.29, 0.717) is 29.7 Å². The van der Waals surface area contributed by atoms with Crippen LogP contribution in [-0.4, -0.2) is 44.2 Å². The summed E-state index contributed by atoms with van der Waals surface area (Å²) in [4.78, 5) is 24.1. The van der Waals surface area contributed by atoms with Crippen LogP contribution in [0.3, 0.4) is 0 Å². The second kappa shape index (κ2) is 22.6. The molecule has 0 fully saturated rings. The highest BCUT2D eigenvalue weighted by Gasteiger charge is 2.01. The lowest BCUT2D eigenvalue weighted by Crippen LogP contribution is -2.24. The number of nitrogens with zero attached hydrogens (tertiary/aromatic N) is 6. The fourth-order valence-electron chi connectivity index (χ4n) is 1.83. The maximum atomic E-state index is 11.0. The lowest BCUT2D eigenvalue weighted by molar-refractivity contribution is -0.120. The van der Waals surface area contributed by atoms with Gasteiger partial charge >= 0.3 is 0 Å². The number of carbonyl (C=O) groups excluding carboxylic acids is 2. The molecule has 0 spiro atoms. The molecule has 1 amide bonds. The molecule has 10 heteroatoms. The third-order valence-electron chi connectivity index (χ3n) is 3.41. The summed E-state index contributed by atoms with van der Waals surface area (Å²) in [5.74, 6) is 0.461. The van der Waals surface area contributed by atoms with Crippen molar-refractivity contribution in [3.63, 3.8) is 0 Å². The normalized spacial score (nSPS) is 9.28. The van der Waals surface area contributed by atoms with Gasteiger partial charge < -0.3 is 5.32 Å². The molecule has 0 atom stereocenters. The zero-order valence-corrected chi connectivity index (χ0v) is 20.4. The molecule has 1 N–H and O–H groups in total. The minimum absolute atomic E-state index is 0.0796. The van der Waals surface area contributed by atoms with Crippen molar-refractivity contribution in [1.82, 2.24) is 20.3 Å². The van der Waals surface area contributed by atoms with E-state index in [-0.39, 0.29) is 5.91 Å². The molecular formula is C19H36IN7O2. The van der Waals surface area contributed by atoms with E-state index in [1.54, 1.807) is 0 Å². The highest BCUT2D eigenvalue weighted by molar-refractivity contribution is 14.1. The molecule has 0 aliphatic heterocycles. The maximum Gasteiger partial charge on any atom is 0.219 e. The van der Waals surface area contributed by atoms with E-state index in [4.69, 9.17) is 5.53 Å². The Bertz CT molecular complexity index is 587. The minimum atomic E-state index is 0.0796. The van der Waals surface area contributed by atoms with Gasteiger partial charge in [0.15, 0.2) is 0 Å². The number of ketones is 1. The highest BCUT2D eigenvalue weighted by Crippen LogP contribution is 1.97. The Kier molecular flexibility index (Phi) is 23.0. The Labute approximate surface area is 188 Å². The summed E-state index contributed by atoms with van der Waals surface area (Å²) >= 11 is 2.10. The topological polar surface area (TPSA) is 126 Å². The van der Waals surface area contributed by atoms with Crippen LogP contribution in [0.15, 0.2) is 11.3 Å². The zero-order chi connectivity index (χ0) is 22.3. The Morgan fingerprint density at radius 2 is 1.97 bits per heavy atom. The van der Waals surface area contributed by atoms with Crippen molar-refractivity contribution in [2.75, 3.05) is 17.5 Å². The first-order valence-electron chi connectivity index (χ1n) is 10.2. The molecular weight excluding hydrogens is 485 g/mol. The van der Waals surface area contributed by atoms with Gasteiger partial charge in [-0.25, -0.2) is 0 Å². The second-order valence-corrected chi connectivity index (χ2v) is 6.92. The first-order chi connectivity index (χ1) is 14.0. The number of rotatable bonds is 12. The molecule has 0 aliphatic rings. The Hall–Kier alpha value is -1.68. The monoisotopic (exact) mass is 521 g/mol. The van der Waals surface area contributed by atoms with Crippen molar-refractivity contribution in [3.05, 3.63) is 22.3 Å². The van der Waals surface area contributed by atoms with Gasteiger partial charge in [-0.1, -0.05) is 73.5 Å². The molecule has 0 aliphatic carbocycles. The number of alkyl halides is 1. The predicted molar refractivity (Wildman–Crippen MR) is 125 cm³/mol. The molecule has 9 nitrogen and oxygen atoms in total. The Morgan fingerprint density at radius 1 is 1.24 bits per heavy atom. The van der Waals surface area contributed by atoms with E-state index in [9.17, 15) is 9.59 Å². The number of unbranched alkanes of at least 4 members (excludes halogenated alkanes) is 1. The van der Waals surface area contributed by atoms with Crippen LogP contribution in [0, 0.1) is 0 Å². The number of amides is 1. The molecule has 29 heavy (non-hydrogen) atoms. The van der Waals surface area contributed by atoms with E-state index >= 15 is 0 Å². The van der Waals surface area contributed by atoms with Gasteiger partial charge in [0, 0.05) is 50.0 Å². The van der Waals surface area contributed by atoms with Gasteiger partial charge in [0.1, 0.15) is 5.78 Å². The lowest BCUT2D eigenvalue weighted by atomic mass is 10.2. The van der Waals surface area contributed by atoms with Crippen LogP contribution in [0.4, 0.5) is 0 Å². The number of halogens is 1. The van der Waals surface area contributed by atoms with E-state index in [1.807, 2.05) is 24.7 Å². The van der Waals surface area contributed by atoms with Gasteiger partial charge in [-0.15, -0.1) is 5.10 Å². The molecule has 0 radical (unpaired) electrons. The second-order valence-electron chi connectivity index (χ2n) is 6.16. The molecule has 1 rings (SSSR count). The number of carbonyl (C=O) groups is 2. The third kappa shape index (κ3) is 20.9. The summed E-state index contributed by atoms with van der Waals surface area (Å²) in [6, 6.07) is 0. The van der Waals surface area contributed by atoms with Crippen molar-refractivity contribution in [2.24, 2.45) is 5.11 Å². The summed E-state index contributed by atoms with van der Waals surface area (Å²) in [5, 5.41) is 14.1. The van der Waals surface area contributed by atoms with Crippen molar-refractivity contribution < 1.29 is 9.59 Å². The lowest BCUT2D eigenvalue weighted by Gasteiger charge is -1.99. The van der Waals surface area contributed by atoms with E-state index in [1.165, 1.54) is 0 Å². The molecule has 0 saturated carbocycles. The standard InChI is InChI=1S/C10H18N4O.C6H11IO.C3H7N3/c1-3-7-14-8-9(12-13-14)5-6-11-10(15)4-2;1-2-3-4-6(8)5-7;1-2-3-5-6-4/h8H,3-7H2,1-2H3,(H,11,15);2-5H2,1H3;2-3H2,1H3. The van der Waals surface area contributed by atoms with Crippen LogP contribution < -0.4 is 5.32 Å². The molecule has 1 aromatic heterocycles. The fraction of sp³-hybridized carbons (Fsp3) is 0.789. The van der Waals surface area contributed by atoms with Crippen LogP contribution in [0.1, 0.15) is 71.9 Å². The van der Waals surface area contributed by atoms with E-state index in [0.717, 1.165) is 50.8 Å². The summed E-state index contributed by atoms with van der Waals surface area (Å²) in [5.41, 5.74) is 8.59. The van der Waals surface area contributed by atoms with Crippen molar-refractivity contribution >= 4 is 34.3 Å². The number of nitrogens with one attached hydrogen (secondary N) is 1. The summed E-state index contributed by atoms with van der Waals surface area (Å²) in [7, 11) is 0. The average Bonchev–Trinajstić information content (AvgIpc) is 3.18. The first-order valence-corrected chi connectivity index (χ1v) is 11.8. The SMILES string of the molecule is CCCCC(=O)CI.CCCN=[N+]=[N-].CCCn1cc(CCNC(=O)CC)nn1. The minimum Gasteiger partial charge on any atom is -0.356 e. The van der Waals surface area contributed by atoms with Crippen LogP contribution in [-0.2, 0) is 22.6 Å². The van der Waals surface area contributed by atoms with Crippen molar-refractivity contribution in [2.45, 2.75) is 79.2 Å². The van der Waals surface area contributed by atoms with Gasteiger partial charge in [-0.05, 0) is 18.4 Å². The molecule has 166 valence electrons. The number of hydrogen-bond acceptors (Lipinski definition) is 5. The van der Waals surface area contributed by atoms with Gasteiger partial charge in [-0.2, -0.15) is 0 Å². The number of azide groups is 1. The van der Waals surface area contributed by atoms with Gasteiger partial charge in [-0.3, -0.25) is 14.3 Å². The van der Waals surface area contributed by atoms with E-state index < -0.39 is 0 Å². The number of hydrogen-bond donors (Lipinski definition) is 1. The Balaban J connectivity index is 0. The number of Topliss-reactive ketones (excluding diaryl/α,β-unsaturated/α-hetero) is 1. The summed E-state index contributed by atoms with van der Waals surface area (Å²) < 4.78 is 2.51. The largest absolute Gasteiger partial charge is 0.356 e. The maximum absolute atomic E-state index is 11.0. The van der Waals surface area contributed by atoms with Gasteiger partial charge in [0.25, 0.3) is 0 Å². The van der Waals surface area contributed by atoms with Crippen molar-refractivity contribution in [3.8, 4) is 0 Å². The molecule has 1 aromatic rings. The average molecular weight is 521 g/mol. The van der Waals surface area contributed by atoms with Crippen LogP contribution in [0.25, 0.3) is 10.4 Å². The molecule has 0 unspecified atom stereocenters. The van der Waals surface area contributed by atoms with Crippen LogP contribution in [0.2, 0.25) is 0 Å². The van der Waals surface area contributed by atoms with Gasteiger partial charge in [0.2, 0.25) is 5.91 Å². The number of aromatic nitrogens is 3. The van der Waals surface area contributed by atoms with Crippen molar-refractivity contribution in [1.29, 1.82) is 0 Å². The van der Waals surface area contributed by atoms with E-state index in [2.05, 4.69) is 62.1 Å². The molecule has 0 aromatic carbocycles. The summed E-state index contributed by atoms with van der Waals surface area (Å²) in [6.45, 7) is 10.2. The quantitative estimate of drug-likeness (QED) is 0.141. The zero-order valence-electron chi connectivity index (χ0n) is 18.2.